The van der Waals surface area contributed by atoms with E-state index in [1.807, 2.05) is 42.6 Å². The molecule has 3 heterocycles. The number of carbonyl (C=O) groups is 1. The molecule has 3 aliphatic rings. The Labute approximate surface area is 195 Å². The summed E-state index contributed by atoms with van der Waals surface area (Å²) in [5.41, 5.74) is 1.85. The van der Waals surface area contributed by atoms with Gasteiger partial charge in [0.2, 0.25) is 5.91 Å². The summed E-state index contributed by atoms with van der Waals surface area (Å²) >= 11 is 6.02. The zero-order chi connectivity index (χ0) is 22.0. The Morgan fingerprint density at radius 3 is 2.75 bits per heavy atom. The van der Waals surface area contributed by atoms with Crippen LogP contribution in [0.4, 0.5) is 0 Å². The Hall–Kier alpha value is -1.95. The zero-order valence-corrected chi connectivity index (χ0v) is 19.3. The van der Waals surface area contributed by atoms with Gasteiger partial charge in [-0.25, -0.2) is 0 Å². The number of hydrogen-bond donors (Lipinski definition) is 0. The average molecular weight is 454 g/mol. The Kier molecular flexibility index (Phi) is 6.49. The van der Waals surface area contributed by atoms with Gasteiger partial charge in [0.05, 0.1) is 23.8 Å². The van der Waals surface area contributed by atoms with Crippen molar-refractivity contribution in [3.63, 3.8) is 0 Å². The predicted octanol–water partition coefficient (Wildman–Crippen LogP) is 4.54. The molecule has 5 rings (SSSR count). The summed E-state index contributed by atoms with van der Waals surface area (Å²) in [7, 11) is 0. The van der Waals surface area contributed by atoms with E-state index in [1.54, 1.807) is 0 Å². The Morgan fingerprint density at radius 2 is 2.00 bits per heavy atom. The molecule has 5 nitrogen and oxygen atoms in total. The fourth-order valence-corrected chi connectivity index (χ4v) is 5.48. The van der Waals surface area contributed by atoms with E-state index in [0.717, 1.165) is 61.7 Å². The summed E-state index contributed by atoms with van der Waals surface area (Å²) in [6.07, 6.45) is 7.21. The second-order valence-corrected chi connectivity index (χ2v) is 10.3. The minimum Gasteiger partial charge on any atom is -0.372 e. The molecule has 0 unspecified atom stereocenters. The first-order chi connectivity index (χ1) is 15.6. The molecule has 2 aliphatic heterocycles. The van der Waals surface area contributed by atoms with E-state index < -0.39 is 0 Å². The SMILES string of the molecule is O=C1N(CC2CC2)C[C@@H](OCc2ccc(Cl)cc2)C[C@@]12CCCN(Cc1ccccn1)C2. The molecule has 0 radical (unpaired) electrons. The number of piperidine rings is 2. The number of aromatic nitrogens is 1. The summed E-state index contributed by atoms with van der Waals surface area (Å²) in [4.78, 5) is 22.8. The normalized spacial score (nSPS) is 26.6. The zero-order valence-electron chi connectivity index (χ0n) is 18.6. The Morgan fingerprint density at radius 1 is 1.16 bits per heavy atom. The van der Waals surface area contributed by atoms with Gasteiger partial charge in [-0.2, -0.15) is 0 Å². The third-order valence-corrected chi connectivity index (χ3v) is 7.38. The van der Waals surface area contributed by atoms with Gasteiger partial charge in [0, 0.05) is 37.4 Å². The van der Waals surface area contributed by atoms with Crippen molar-refractivity contribution in [2.24, 2.45) is 11.3 Å². The van der Waals surface area contributed by atoms with Crippen molar-refractivity contribution in [2.45, 2.75) is 51.4 Å². The molecule has 0 N–H and O–H groups in total. The molecule has 0 bridgehead atoms. The summed E-state index contributed by atoms with van der Waals surface area (Å²) in [5, 5.41) is 0.738. The first-order valence-corrected chi connectivity index (χ1v) is 12.3. The first kappa shape index (κ1) is 21.9. The molecule has 1 aromatic carbocycles. The molecule has 1 spiro atoms. The van der Waals surface area contributed by atoms with E-state index in [1.165, 1.54) is 12.8 Å². The number of amides is 1. The monoisotopic (exact) mass is 453 g/mol. The van der Waals surface area contributed by atoms with Gasteiger partial charge < -0.3 is 9.64 Å². The van der Waals surface area contributed by atoms with E-state index in [2.05, 4.69) is 20.9 Å². The average Bonchev–Trinajstić information content (AvgIpc) is 3.62. The smallest absolute Gasteiger partial charge is 0.230 e. The molecule has 1 amide bonds. The van der Waals surface area contributed by atoms with Crippen LogP contribution in [0.3, 0.4) is 0 Å². The number of nitrogens with zero attached hydrogens (tertiary/aromatic N) is 3. The number of rotatable bonds is 7. The third-order valence-electron chi connectivity index (χ3n) is 7.13. The number of ether oxygens (including phenoxy) is 1. The maximum absolute atomic E-state index is 13.7. The lowest BCUT2D eigenvalue weighted by atomic mass is 9.72. The molecule has 2 atom stereocenters. The van der Waals surface area contributed by atoms with Gasteiger partial charge in [0.15, 0.2) is 0 Å². The van der Waals surface area contributed by atoms with E-state index >= 15 is 0 Å². The lowest BCUT2D eigenvalue weighted by molar-refractivity contribution is -0.161. The van der Waals surface area contributed by atoms with Crippen LogP contribution in [0, 0.1) is 11.3 Å². The molecule has 2 aromatic rings. The fourth-order valence-electron chi connectivity index (χ4n) is 5.35. The summed E-state index contributed by atoms with van der Waals surface area (Å²) in [6, 6.07) is 13.9. The number of pyridine rings is 1. The van der Waals surface area contributed by atoms with Crippen LogP contribution >= 0.6 is 11.6 Å². The number of benzene rings is 1. The van der Waals surface area contributed by atoms with Gasteiger partial charge >= 0.3 is 0 Å². The van der Waals surface area contributed by atoms with Crippen molar-refractivity contribution < 1.29 is 9.53 Å². The highest BCUT2D eigenvalue weighted by Crippen LogP contribution is 2.42. The van der Waals surface area contributed by atoms with E-state index in [4.69, 9.17) is 16.3 Å². The number of halogens is 1. The molecule has 6 heteroatoms. The minimum atomic E-state index is -0.342. The highest BCUT2D eigenvalue weighted by Gasteiger charge is 2.50. The lowest BCUT2D eigenvalue weighted by Crippen LogP contribution is -2.60. The van der Waals surface area contributed by atoms with E-state index in [0.29, 0.717) is 25.0 Å². The van der Waals surface area contributed by atoms with Crippen LogP contribution in [0.1, 0.15) is 43.4 Å². The van der Waals surface area contributed by atoms with Gasteiger partial charge in [0.1, 0.15) is 0 Å². The Bertz CT molecular complexity index is 918. The van der Waals surface area contributed by atoms with Crippen LogP contribution in [-0.4, -0.2) is 53.0 Å². The highest BCUT2D eigenvalue weighted by atomic mass is 35.5. The summed E-state index contributed by atoms with van der Waals surface area (Å²) in [5.74, 6) is 1.03. The fraction of sp³-hybridized carbons (Fsp3) is 0.538. The minimum absolute atomic E-state index is 0.0666. The van der Waals surface area contributed by atoms with Crippen molar-refractivity contribution >= 4 is 17.5 Å². The van der Waals surface area contributed by atoms with Crippen LogP contribution in [0.2, 0.25) is 5.02 Å². The van der Waals surface area contributed by atoms with Gasteiger partial charge in [0.25, 0.3) is 0 Å². The molecule has 2 saturated heterocycles. The van der Waals surface area contributed by atoms with Crippen LogP contribution in [0.5, 0.6) is 0 Å². The predicted molar refractivity (Wildman–Crippen MR) is 125 cm³/mol. The van der Waals surface area contributed by atoms with Crippen molar-refractivity contribution in [2.75, 3.05) is 26.2 Å². The molecule has 1 aliphatic carbocycles. The molecular formula is C26H32ClN3O2. The second kappa shape index (κ2) is 9.50. The Balaban J connectivity index is 1.30. The maximum atomic E-state index is 13.7. The van der Waals surface area contributed by atoms with Gasteiger partial charge in [-0.05, 0) is 74.4 Å². The molecule has 1 saturated carbocycles. The molecule has 32 heavy (non-hydrogen) atoms. The standard InChI is InChI=1S/C26H32ClN3O2/c27-22-9-7-21(8-10-22)18-32-24-14-26(25(31)30(17-24)15-20-5-6-20)11-3-13-29(19-26)16-23-4-1-2-12-28-23/h1-2,4,7-10,12,20,24H,3,5-6,11,13-19H2/t24-,26+/m0/s1. The van der Waals surface area contributed by atoms with E-state index in [-0.39, 0.29) is 11.5 Å². The van der Waals surface area contributed by atoms with Crippen LogP contribution in [0.25, 0.3) is 0 Å². The quantitative estimate of drug-likeness (QED) is 0.617. The highest BCUT2D eigenvalue weighted by molar-refractivity contribution is 6.30. The van der Waals surface area contributed by atoms with Crippen LogP contribution < -0.4 is 0 Å². The maximum Gasteiger partial charge on any atom is 0.230 e. The topological polar surface area (TPSA) is 45.7 Å². The van der Waals surface area contributed by atoms with Crippen molar-refractivity contribution in [3.8, 4) is 0 Å². The molecular weight excluding hydrogens is 422 g/mol. The second-order valence-electron chi connectivity index (χ2n) is 9.83. The van der Waals surface area contributed by atoms with Gasteiger partial charge in [-0.15, -0.1) is 0 Å². The summed E-state index contributed by atoms with van der Waals surface area (Å²) in [6.45, 7) is 4.78. The van der Waals surface area contributed by atoms with E-state index in [9.17, 15) is 4.79 Å². The van der Waals surface area contributed by atoms with Crippen molar-refractivity contribution in [3.05, 3.63) is 64.9 Å². The summed E-state index contributed by atoms with van der Waals surface area (Å²) < 4.78 is 6.40. The molecule has 3 fully saturated rings. The number of likely N-dealkylation sites (tertiary alicyclic amines) is 2. The van der Waals surface area contributed by atoms with Crippen LogP contribution in [0.15, 0.2) is 48.7 Å². The number of hydrogen-bond acceptors (Lipinski definition) is 4. The van der Waals surface area contributed by atoms with Gasteiger partial charge in [-0.3, -0.25) is 14.7 Å². The molecule has 1 aromatic heterocycles. The van der Waals surface area contributed by atoms with Crippen molar-refractivity contribution in [1.82, 2.24) is 14.8 Å². The largest absolute Gasteiger partial charge is 0.372 e. The lowest BCUT2D eigenvalue weighted by Gasteiger charge is -2.49. The van der Waals surface area contributed by atoms with Gasteiger partial charge in [-0.1, -0.05) is 29.8 Å². The first-order valence-electron chi connectivity index (χ1n) is 11.9. The van der Waals surface area contributed by atoms with Crippen molar-refractivity contribution in [1.29, 1.82) is 0 Å². The third kappa shape index (κ3) is 5.16. The van der Waals surface area contributed by atoms with Crippen LogP contribution in [-0.2, 0) is 22.7 Å². The number of carbonyl (C=O) groups excluding carboxylic acids is 1. The molecule has 170 valence electrons.